The molecule has 0 radical (unpaired) electrons. The maximum absolute atomic E-state index is 12.2. The largest absolute Gasteiger partial charge is 0.481 e. The summed E-state index contributed by atoms with van der Waals surface area (Å²) < 4.78 is 0. The molecule has 0 bridgehead atoms. The number of aliphatic carboxylic acids is 1. The highest BCUT2D eigenvalue weighted by Gasteiger charge is 2.26. The maximum atomic E-state index is 12.2. The summed E-state index contributed by atoms with van der Waals surface area (Å²) in [5.41, 5.74) is 1.69. The zero-order valence-corrected chi connectivity index (χ0v) is 15.7. The zero-order chi connectivity index (χ0) is 19.3. The molecule has 0 heterocycles. The molecule has 1 aliphatic rings. The minimum Gasteiger partial charge on any atom is -0.481 e. The molecule has 1 aromatic rings. The molecule has 2 amide bonds. The summed E-state index contributed by atoms with van der Waals surface area (Å²) in [6.07, 6.45) is 2.47. The number of carbonyl (C=O) groups is 3. The van der Waals surface area contributed by atoms with E-state index in [4.69, 9.17) is 5.11 Å². The van der Waals surface area contributed by atoms with Crippen LogP contribution < -0.4 is 10.6 Å². The lowest BCUT2D eigenvalue weighted by Crippen LogP contribution is -2.43. The number of carboxylic acid groups (broad SMARTS) is 1. The normalized spacial score (nSPS) is 20.3. The van der Waals surface area contributed by atoms with Crippen molar-refractivity contribution < 1.29 is 19.5 Å². The van der Waals surface area contributed by atoms with Crippen molar-refractivity contribution >= 4 is 17.8 Å². The van der Waals surface area contributed by atoms with Crippen LogP contribution in [0.5, 0.6) is 0 Å². The SMILES string of the molecule is CC(C)(C)c1ccc(C(=O)NCC(=O)NC2CCC(C(=O)O)CC2)cc1. The van der Waals surface area contributed by atoms with Gasteiger partial charge in [-0.1, -0.05) is 32.9 Å². The molecule has 0 aromatic heterocycles. The highest BCUT2D eigenvalue weighted by molar-refractivity contribution is 5.96. The average Bonchev–Trinajstić information content (AvgIpc) is 2.59. The molecule has 1 aliphatic carbocycles. The first-order valence-electron chi connectivity index (χ1n) is 9.07. The standard InChI is InChI=1S/C20H28N2O4/c1-20(2,3)15-8-4-13(5-9-15)18(24)21-12-17(23)22-16-10-6-14(7-11-16)19(25)26/h4-5,8-9,14,16H,6-7,10-12H2,1-3H3,(H,21,24)(H,22,23)(H,25,26). The number of carboxylic acids is 1. The van der Waals surface area contributed by atoms with Crippen molar-refractivity contribution in [1.82, 2.24) is 10.6 Å². The van der Waals surface area contributed by atoms with Crippen LogP contribution in [0.4, 0.5) is 0 Å². The Kier molecular flexibility index (Phi) is 6.40. The lowest BCUT2D eigenvalue weighted by atomic mass is 9.86. The van der Waals surface area contributed by atoms with Gasteiger partial charge in [-0.05, 0) is 48.8 Å². The smallest absolute Gasteiger partial charge is 0.306 e. The van der Waals surface area contributed by atoms with E-state index in [0.29, 0.717) is 31.2 Å². The lowest BCUT2D eigenvalue weighted by molar-refractivity contribution is -0.142. The van der Waals surface area contributed by atoms with Crippen LogP contribution in [0.1, 0.15) is 62.4 Å². The van der Waals surface area contributed by atoms with Gasteiger partial charge in [-0.15, -0.1) is 0 Å². The van der Waals surface area contributed by atoms with Gasteiger partial charge in [0, 0.05) is 11.6 Å². The minimum absolute atomic E-state index is 0.0129. The van der Waals surface area contributed by atoms with E-state index < -0.39 is 5.97 Å². The van der Waals surface area contributed by atoms with Gasteiger partial charge in [0.2, 0.25) is 5.91 Å². The number of hydrogen-bond acceptors (Lipinski definition) is 3. The molecule has 1 saturated carbocycles. The molecular formula is C20H28N2O4. The number of hydrogen-bond donors (Lipinski definition) is 3. The summed E-state index contributed by atoms with van der Waals surface area (Å²) >= 11 is 0. The Hall–Kier alpha value is -2.37. The summed E-state index contributed by atoms with van der Waals surface area (Å²) in [5.74, 6) is -1.60. The Morgan fingerprint density at radius 1 is 1.04 bits per heavy atom. The van der Waals surface area contributed by atoms with Crippen LogP contribution in [0.15, 0.2) is 24.3 Å². The van der Waals surface area contributed by atoms with Gasteiger partial charge in [0.25, 0.3) is 5.91 Å². The summed E-state index contributed by atoms with van der Waals surface area (Å²) in [5, 5.41) is 14.5. The molecule has 3 N–H and O–H groups in total. The predicted octanol–water partition coefficient (Wildman–Crippen LogP) is 2.47. The fourth-order valence-electron chi connectivity index (χ4n) is 3.15. The van der Waals surface area contributed by atoms with Crippen LogP contribution in [0.25, 0.3) is 0 Å². The van der Waals surface area contributed by atoms with Gasteiger partial charge in [0.05, 0.1) is 12.5 Å². The van der Waals surface area contributed by atoms with Gasteiger partial charge in [-0.25, -0.2) is 0 Å². The summed E-state index contributed by atoms with van der Waals surface area (Å²) in [7, 11) is 0. The minimum atomic E-state index is -0.764. The van der Waals surface area contributed by atoms with E-state index in [9.17, 15) is 14.4 Å². The molecule has 1 aromatic carbocycles. The third kappa shape index (κ3) is 5.58. The maximum Gasteiger partial charge on any atom is 0.306 e. The molecule has 0 aliphatic heterocycles. The van der Waals surface area contributed by atoms with Crippen molar-refractivity contribution in [1.29, 1.82) is 0 Å². The van der Waals surface area contributed by atoms with Crippen LogP contribution in [0, 0.1) is 5.92 Å². The topological polar surface area (TPSA) is 95.5 Å². The first-order valence-corrected chi connectivity index (χ1v) is 9.07. The molecule has 0 spiro atoms. The van der Waals surface area contributed by atoms with Gasteiger partial charge in [-0.2, -0.15) is 0 Å². The van der Waals surface area contributed by atoms with Crippen molar-refractivity contribution in [3.8, 4) is 0 Å². The van der Waals surface area contributed by atoms with Crippen molar-refractivity contribution in [2.24, 2.45) is 5.92 Å². The molecule has 0 atom stereocenters. The fraction of sp³-hybridized carbons (Fsp3) is 0.550. The zero-order valence-electron chi connectivity index (χ0n) is 15.7. The molecule has 6 nitrogen and oxygen atoms in total. The second-order valence-corrected chi connectivity index (χ2v) is 7.96. The van der Waals surface area contributed by atoms with Crippen molar-refractivity contribution in [2.75, 3.05) is 6.54 Å². The van der Waals surface area contributed by atoms with Gasteiger partial charge in [0.1, 0.15) is 0 Å². The Bertz CT molecular complexity index is 653. The summed E-state index contributed by atoms with van der Waals surface area (Å²) in [4.78, 5) is 35.1. The number of carbonyl (C=O) groups excluding carboxylic acids is 2. The van der Waals surface area contributed by atoms with Crippen molar-refractivity contribution in [3.63, 3.8) is 0 Å². The van der Waals surface area contributed by atoms with Crippen molar-refractivity contribution in [3.05, 3.63) is 35.4 Å². The highest BCUT2D eigenvalue weighted by atomic mass is 16.4. The number of nitrogens with one attached hydrogen (secondary N) is 2. The first kappa shape index (κ1) is 19.9. The first-order chi connectivity index (χ1) is 12.2. The van der Waals surface area contributed by atoms with Gasteiger partial charge in [0.15, 0.2) is 0 Å². The van der Waals surface area contributed by atoms with Gasteiger partial charge < -0.3 is 15.7 Å². The van der Waals surface area contributed by atoms with Gasteiger partial charge in [-0.3, -0.25) is 14.4 Å². The van der Waals surface area contributed by atoms with E-state index >= 15 is 0 Å². The molecule has 26 heavy (non-hydrogen) atoms. The van der Waals surface area contributed by atoms with Crippen LogP contribution in [0.2, 0.25) is 0 Å². The molecule has 6 heteroatoms. The molecule has 0 unspecified atom stereocenters. The van der Waals surface area contributed by atoms with Gasteiger partial charge >= 0.3 is 5.97 Å². The van der Waals surface area contributed by atoms with Crippen LogP contribution in [-0.2, 0) is 15.0 Å². The highest BCUT2D eigenvalue weighted by Crippen LogP contribution is 2.24. The van der Waals surface area contributed by atoms with E-state index in [2.05, 4.69) is 31.4 Å². The monoisotopic (exact) mass is 360 g/mol. The Morgan fingerprint density at radius 2 is 1.62 bits per heavy atom. The van der Waals surface area contributed by atoms with Crippen LogP contribution in [0.3, 0.4) is 0 Å². The van der Waals surface area contributed by atoms with E-state index in [0.717, 1.165) is 5.56 Å². The predicted molar refractivity (Wildman–Crippen MR) is 99.0 cm³/mol. The molecular weight excluding hydrogens is 332 g/mol. The Labute approximate surface area is 154 Å². The fourth-order valence-corrected chi connectivity index (χ4v) is 3.15. The molecule has 142 valence electrons. The Morgan fingerprint density at radius 3 is 2.12 bits per heavy atom. The number of amides is 2. The lowest BCUT2D eigenvalue weighted by Gasteiger charge is -2.26. The van der Waals surface area contributed by atoms with E-state index in [1.807, 2.05) is 12.1 Å². The van der Waals surface area contributed by atoms with Crippen molar-refractivity contribution in [2.45, 2.75) is 57.9 Å². The van der Waals surface area contributed by atoms with E-state index in [-0.39, 0.29) is 35.7 Å². The quantitative estimate of drug-likeness (QED) is 0.752. The van der Waals surface area contributed by atoms with E-state index in [1.165, 1.54) is 0 Å². The van der Waals surface area contributed by atoms with E-state index in [1.54, 1.807) is 12.1 Å². The molecule has 0 saturated heterocycles. The summed E-state index contributed by atoms with van der Waals surface area (Å²) in [6, 6.07) is 7.37. The number of benzene rings is 1. The average molecular weight is 360 g/mol. The Balaban J connectivity index is 1.77. The number of rotatable bonds is 5. The second kappa shape index (κ2) is 8.34. The second-order valence-electron chi connectivity index (χ2n) is 7.96. The third-order valence-corrected chi connectivity index (χ3v) is 4.86. The molecule has 1 fully saturated rings. The van der Waals surface area contributed by atoms with Crippen LogP contribution >= 0.6 is 0 Å². The summed E-state index contributed by atoms with van der Waals surface area (Å²) in [6.45, 7) is 6.24. The van der Waals surface area contributed by atoms with Crippen LogP contribution in [-0.4, -0.2) is 35.5 Å². The third-order valence-electron chi connectivity index (χ3n) is 4.86. The molecule has 2 rings (SSSR count).